The summed E-state index contributed by atoms with van der Waals surface area (Å²) in [5, 5.41) is 0. The third kappa shape index (κ3) is 1.78. The molecule has 76 valence electrons. The molecule has 1 heterocycles. The van der Waals surface area contributed by atoms with Gasteiger partial charge in [-0.05, 0) is 6.07 Å². The highest BCUT2D eigenvalue weighted by atomic mass is 19.3. The molecule has 0 bridgehead atoms. The summed E-state index contributed by atoms with van der Waals surface area (Å²) in [4.78, 5) is 13.9. The third-order valence-electron chi connectivity index (χ3n) is 1.59. The van der Waals surface area contributed by atoms with E-state index in [0.29, 0.717) is 6.29 Å². The molecule has 14 heavy (non-hydrogen) atoms. The zero-order chi connectivity index (χ0) is 10.7. The summed E-state index contributed by atoms with van der Waals surface area (Å²) >= 11 is 0. The number of alkyl halides is 2. The number of ether oxygens (including phenoxy) is 1. The van der Waals surface area contributed by atoms with Crippen molar-refractivity contribution in [2.45, 2.75) is 6.43 Å². The molecule has 0 saturated heterocycles. The predicted octanol–water partition coefficient (Wildman–Crippen LogP) is 1.42. The van der Waals surface area contributed by atoms with E-state index in [2.05, 4.69) is 4.98 Å². The van der Waals surface area contributed by atoms with Gasteiger partial charge in [-0.25, -0.2) is 13.8 Å². The molecule has 1 aromatic rings. The Morgan fingerprint density at radius 3 is 2.71 bits per heavy atom. The maximum atomic E-state index is 12.2. The van der Waals surface area contributed by atoms with Crippen LogP contribution in [0, 0.1) is 0 Å². The number of nitrogens with two attached hydrogens (primary N) is 1. The maximum Gasteiger partial charge on any atom is 0.280 e. The number of methoxy groups -OCH3 is 1. The van der Waals surface area contributed by atoms with Gasteiger partial charge in [0, 0.05) is 0 Å². The van der Waals surface area contributed by atoms with Crippen molar-refractivity contribution in [2.75, 3.05) is 12.8 Å². The van der Waals surface area contributed by atoms with E-state index in [-0.39, 0.29) is 17.1 Å². The van der Waals surface area contributed by atoms with Crippen LogP contribution in [0.2, 0.25) is 0 Å². The first-order valence-corrected chi connectivity index (χ1v) is 3.68. The van der Waals surface area contributed by atoms with Crippen molar-refractivity contribution in [1.29, 1.82) is 0 Å². The van der Waals surface area contributed by atoms with Crippen LogP contribution in [-0.4, -0.2) is 18.4 Å². The number of carbonyl (C=O) groups is 1. The lowest BCUT2D eigenvalue weighted by molar-refractivity contribution is 0.111. The van der Waals surface area contributed by atoms with Crippen molar-refractivity contribution >= 4 is 12.0 Å². The molecule has 4 nitrogen and oxygen atoms in total. The SMILES string of the molecule is COc1c(N)cc(C(F)F)nc1C=O. The Hall–Kier alpha value is -1.72. The molecule has 0 aliphatic carbocycles. The van der Waals surface area contributed by atoms with E-state index in [1.54, 1.807) is 0 Å². The van der Waals surface area contributed by atoms with Crippen molar-refractivity contribution in [3.63, 3.8) is 0 Å². The Balaban J connectivity index is 3.31. The number of carbonyl (C=O) groups excluding carboxylic acids is 1. The average molecular weight is 202 g/mol. The monoisotopic (exact) mass is 202 g/mol. The molecule has 0 unspecified atom stereocenters. The normalized spacial score (nSPS) is 10.3. The Morgan fingerprint density at radius 1 is 1.64 bits per heavy atom. The molecule has 0 aromatic carbocycles. The summed E-state index contributed by atoms with van der Waals surface area (Å²) in [7, 11) is 1.28. The minimum absolute atomic E-state index is 0.0180. The van der Waals surface area contributed by atoms with Gasteiger partial charge in [0.2, 0.25) is 0 Å². The number of anilines is 1. The Bertz CT molecular complexity index is 355. The van der Waals surface area contributed by atoms with Gasteiger partial charge in [-0.1, -0.05) is 0 Å². The first-order chi connectivity index (χ1) is 6.60. The second-order valence-electron chi connectivity index (χ2n) is 2.47. The van der Waals surface area contributed by atoms with Gasteiger partial charge < -0.3 is 10.5 Å². The summed E-state index contributed by atoms with van der Waals surface area (Å²) < 4.78 is 29.2. The Kier molecular flexibility index (Phi) is 2.95. The molecule has 0 fully saturated rings. The van der Waals surface area contributed by atoms with E-state index in [1.165, 1.54) is 7.11 Å². The highest BCUT2D eigenvalue weighted by Crippen LogP contribution is 2.28. The van der Waals surface area contributed by atoms with Crippen LogP contribution < -0.4 is 10.5 Å². The quantitative estimate of drug-likeness (QED) is 0.753. The molecule has 6 heteroatoms. The molecule has 2 N–H and O–H groups in total. The number of rotatable bonds is 3. The van der Waals surface area contributed by atoms with Crippen LogP contribution in [0.15, 0.2) is 6.07 Å². The summed E-state index contributed by atoms with van der Waals surface area (Å²) in [5.74, 6) is 0.0180. The predicted molar refractivity (Wildman–Crippen MR) is 45.5 cm³/mol. The zero-order valence-electron chi connectivity index (χ0n) is 7.33. The first kappa shape index (κ1) is 10.4. The van der Waals surface area contributed by atoms with Crippen LogP contribution in [0.25, 0.3) is 0 Å². The van der Waals surface area contributed by atoms with E-state index in [9.17, 15) is 13.6 Å². The molecule has 1 aromatic heterocycles. The van der Waals surface area contributed by atoms with Gasteiger partial charge in [0.1, 0.15) is 11.4 Å². The van der Waals surface area contributed by atoms with Crippen molar-refractivity contribution < 1.29 is 18.3 Å². The lowest BCUT2D eigenvalue weighted by atomic mass is 10.2. The number of hydrogen-bond donors (Lipinski definition) is 1. The Labute approximate surface area is 78.7 Å². The molecule has 0 atom stereocenters. The lowest BCUT2D eigenvalue weighted by Crippen LogP contribution is -2.03. The van der Waals surface area contributed by atoms with Crippen LogP contribution in [-0.2, 0) is 0 Å². The highest BCUT2D eigenvalue weighted by Gasteiger charge is 2.15. The molecular weight excluding hydrogens is 194 g/mol. The largest absolute Gasteiger partial charge is 0.492 e. The summed E-state index contributed by atoms with van der Waals surface area (Å²) in [5.41, 5.74) is 4.60. The molecule has 0 amide bonds. The number of aldehydes is 1. The topological polar surface area (TPSA) is 65.2 Å². The van der Waals surface area contributed by atoms with Gasteiger partial charge in [0.05, 0.1) is 12.8 Å². The van der Waals surface area contributed by atoms with E-state index in [1.807, 2.05) is 0 Å². The van der Waals surface area contributed by atoms with Crippen molar-refractivity contribution in [3.8, 4) is 5.75 Å². The van der Waals surface area contributed by atoms with Crippen molar-refractivity contribution in [3.05, 3.63) is 17.5 Å². The van der Waals surface area contributed by atoms with Crippen LogP contribution in [0.5, 0.6) is 5.75 Å². The number of nitrogens with zero attached hydrogens (tertiary/aromatic N) is 1. The zero-order valence-corrected chi connectivity index (χ0v) is 7.33. The summed E-state index contributed by atoms with van der Waals surface area (Å²) in [6.45, 7) is 0. The molecule has 0 aliphatic heterocycles. The average Bonchev–Trinajstić information content (AvgIpc) is 2.16. The second kappa shape index (κ2) is 3.99. The van der Waals surface area contributed by atoms with Gasteiger partial charge in [-0.3, -0.25) is 4.79 Å². The van der Waals surface area contributed by atoms with Crippen LogP contribution in [0.3, 0.4) is 0 Å². The lowest BCUT2D eigenvalue weighted by Gasteiger charge is -2.08. The van der Waals surface area contributed by atoms with Crippen LogP contribution in [0.1, 0.15) is 22.6 Å². The third-order valence-corrected chi connectivity index (χ3v) is 1.59. The number of nitrogen functional groups attached to an aromatic ring is 1. The molecule has 1 rings (SSSR count). The summed E-state index contributed by atoms with van der Waals surface area (Å²) in [6.07, 6.45) is -2.44. The van der Waals surface area contributed by atoms with Gasteiger partial charge in [0.15, 0.2) is 12.0 Å². The number of halogens is 2. The number of pyridine rings is 1. The van der Waals surface area contributed by atoms with Gasteiger partial charge in [-0.2, -0.15) is 0 Å². The van der Waals surface area contributed by atoms with Crippen LogP contribution in [0.4, 0.5) is 14.5 Å². The van der Waals surface area contributed by atoms with E-state index in [4.69, 9.17) is 10.5 Å². The second-order valence-corrected chi connectivity index (χ2v) is 2.47. The van der Waals surface area contributed by atoms with E-state index >= 15 is 0 Å². The minimum Gasteiger partial charge on any atom is -0.492 e. The van der Waals surface area contributed by atoms with Crippen molar-refractivity contribution in [1.82, 2.24) is 4.98 Å². The fraction of sp³-hybridized carbons (Fsp3) is 0.250. The number of aromatic nitrogens is 1. The first-order valence-electron chi connectivity index (χ1n) is 3.68. The fourth-order valence-corrected chi connectivity index (χ4v) is 1.01. The molecule has 0 saturated carbocycles. The highest BCUT2D eigenvalue weighted by molar-refractivity contribution is 5.80. The van der Waals surface area contributed by atoms with E-state index in [0.717, 1.165) is 6.07 Å². The Morgan fingerprint density at radius 2 is 2.29 bits per heavy atom. The van der Waals surface area contributed by atoms with Crippen molar-refractivity contribution in [2.24, 2.45) is 0 Å². The molecule has 0 spiro atoms. The smallest absolute Gasteiger partial charge is 0.280 e. The standard InChI is InChI=1S/C8H8F2N2O2/c1-14-7-4(11)2-5(8(9)10)12-6(7)3-13/h2-3,8H,1H3,(H2,11,12). The number of hydrogen-bond acceptors (Lipinski definition) is 4. The molecule has 0 radical (unpaired) electrons. The molecular formula is C8H8F2N2O2. The summed E-state index contributed by atoms with van der Waals surface area (Å²) in [6, 6.07) is 0.983. The maximum absolute atomic E-state index is 12.2. The fourth-order valence-electron chi connectivity index (χ4n) is 1.01. The van der Waals surface area contributed by atoms with Gasteiger partial charge >= 0.3 is 0 Å². The van der Waals surface area contributed by atoms with Crippen LogP contribution >= 0.6 is 0 Å². The molecule has 0 aliphatic rings. The van der Waals surface area contributed by atoms with Gasteiger partial charge in [0.25, 0.3) is 6.43 Å². The van der Waals surface area contributed by atoms with Gasteiger partial charge in [-0.15, -0.1) is 0 Å². The van der Waals surface area contributed by atoms with E-state index < -0.39 is 12.1 Å². The minimum atomic E-state index is -2.76.